The molecule has 0 radical (unpaired) electrons. The molecular formula is C15H13Cl4N. The first kappa shape index (κ1) is 15.9. The SMILES string of the molecule is CCNC(c1cc(Cl)cc(Cl)c1)c1ccc(Cl)c(Cl)c1. The van der Waals surface area contributed by atoms with Crippen LogP contribution in [0.1, 0.15) is 24.1 Å². The quantitative estimate of drug-likeness (QED) is 0.714. The van der Waals surface area contributed by atoms with Crippen molar-refractivity contribution in [3.63, 3.8) is 0 Å². The summed E-state index contributed by atoms with van der Waals surface area (Å²) in [6, 6.07) is 11.0. The van der Waals surface area contributed by atoms with Crippen molar-refractivity contribution in [1.82, 2.24) is 5.32 Å². The zero-order valence-corrected chi connectivity index (χ0v) is 13.8. The summed E-state index contributed by atoms with van der Waals surface area (Å²) in [5.74, 6) is 0. The van der Waals surface area contributed by atoms with Gasteiger partial charge >= 0.3 is 0 Å². The van der Waals surface area contributed by atoms with Gasteiger partial charge in [-0.25, -0.2) is 0 Å². The molecule has 0 saturated carbocycles. The lowest BCUT2D eigenvalue weighted by atomic mass is 9.98. The van der Waals surface area contributed by atoms with E-state index in [1.165, 1.54) is 0 Å². The van der Waals surface area contributed by atoms with Crippen LogP contribution in [0.4, 0.5) is 0 Å². The van der Waals surface area contributed by atoms with Crippen LogP contribution in [0, 0.1) is 0 Å². The lowest BCUT2D eigenvalue weighted by Crippen LogP contribution is -2.22. The van der Waals surface area contributed by atoms with Gasteiger partial charge in [-0.15, -0.1) is 0 Å². The summed E-state index contributed by atoms with van der Waals surface area (Å²) in [6.45, 7) is 2.84. The summed E-state index contributed by atoms with van der Waals surface area (Å²) in [7, 11) is 0. The highest BCUT2D eigenvalue weighted by atomic mass is 35.5. The largest absolute Gasteiger partial charge is 0.307 e. The Hall–Kier alpha value is -0.440. The summed E-state index contributed by atoms with van der Waals surface area (Å²) in [5.41, 5.74) is 2.00. The Morgan fingerprint density at radius 1 is 0.850 bits per heavy atom. The van der Waals surface area contributed by atoms with Crippen LogP contribution in [0.5, 0.6) is 0 Å². The fourth-order valence-electron chi connectivity index (χ4n) is 2.07. The molecule has 1 nitrogen and oxygen atoms in total. The van der Waals surface area contributed by atoms with Crippen LogP contribution < -0.4 is 5.32 Å². The average Bonchev–Trinajstić information content (AvgIpc) is 2.38. The Kier molecular flexibility index (Phi) is 5.59. The predicted molar refractivity (Wildman–Crippen MR) is 88.4 cm³/mol. The normalized spacial score (nSPS) is 12.4. The van der Waals surface area contributed by atoms with E-state index in [4.69, 9.17) is 46.4 Å². The zero-order valence-electron chi connectivity index (χ0n) is 10.8. The van der Waals surface area contributed by atoms with E-state index in [9.17, 15) is 0 Å². The molecule has 0 heterocycles. The van der Waals surface area contributed by atoms with Crippen molar-refractivity contribution in [2.45, 2.75) is 13.0 Å². The molecule has 1 unspecified atom stereocenters. The summed E-state index contributed by atoms with van der Waals surface area (Å²) in [4.78, 5) is 0. The highest BCUT2D eigenvalue weighted by molar-refractivity contribution is 6.42. The Balaban J connectivity index is 2.46. The number of hydrogen-bond donors (Lipinski definition) is 1. The maximum absolute atomic E-state index is 6.10. The third-order valence-corrected chi connectivity index (χ3v) is 4.08. The van der Waals surface area contributed by atoms with Crippen LogP contribution in [-0.2, 0) is 0 Å². The molecule has 0 amide bonds. The maximum Gasteiger partial charge on any atom is 0.0595 e. The second-order valence-corrected chi connectivity index (χ2v) is 6.05. The monoisotopic (exact) mass is 347 g/mol. The minimum absolute atomic E-state index is 0.0361. The first-order chi connectivity index (χ1) is 9.51. The van der Waals surface area contributed by atoms with Crippen LogP contribution in [-0.4, -0.2) is 6.54 Å². The molecule has 0 fully saturated rings. The van der Waals surface area contributed by atoms with Crippen molar-refractivity contribution < 1.29 is 0 Å². The fraction of sp³-hybridized carbons (Fsp3) is 0.200. The zero-order chi connectivity index (χ0) is 14.7. The minimum atomic E-state index is -0.0361. The van der Waals surface area contributed by atoms with Crippen molar-refractivity contribution >= 4 is 46.4 Å². The van der Waals surface area contributed by atoms with Gasteiger partial charge in [0.05, 0.1) is 16.1 Å². The van der Waals surface area contributed by atoms with Crippen LogP contribution in [0.25, 0.3) is 0 Å². The molecule has 2 rings (SSSR count). The van der Waals surface area contributed by atoms with Gasteiger partial charge in [-0.2, -0.15) is 0 Å². The van der Waals surface area contributed by atoms with Crippen molar-refractivity contribution in [3.05, 3.63) is 67.6 Å². The van der Waals surface area contributed by atoms with Crippen molar-refractivity contribution in [2.75, 3.05) is 6.54 Å². The summed E-state index contributed by atoms with van der Waals surface area (Å²) < 4.78 is 0. The van der Waals surface area contributed by atoms with E-state index in [0.717, 1.165) is 17.7 Å². The van der Waals surface area contributed by atoms with Gasteiger partial charge in [-0.05, 0) is 48.0 Å². The smallest absolute Gasteiger partial charge is 0.0595 e. The van der Waals surface area contributed by atoms with Gasteiger partial charge in [-0.1, -0.05) is 59.4 Å². The van der Waals surface area contributed by atoms with Gasteiger partial charge in [0.15, 0.2) is 0 Å². The molecule has 1 atom stereocenters. The van der Waals surface area contributed by atoms with Crippen LogP contribution >= 0.6 is 46.4 Å². The number of rotatable bonds is 4. The van der Waals surface area contributed by atoms with Crippen LogP contribution in [0.2, 0.25) is 20.1 Å². The summed E-state index contributed by atoms with van der Waals surface area (Å²) in [6.07, 6.45) is 0. The number of benzene rings is 2. The van der Waals surface area contributed by atoms with E-state index in [1.807, 2.05) is 31.2 Å². The summed E-state index contributed by atoms with van der Waals surface area (Å²) in [5, 5.41) is 5.68. The van der Waals surface area contributed by atoms with Crippen molar-refractivity contribution in [2.24, 2.45) is 0 Å². The second-order valence-electron chi connectivity index (χ2n) is 4.37. The van der Waals surface area contributed by atoms with E-state index < -0.39 is 0 Å². The maximum atomic E-state index is 6.10. The highest BCUT2D eigenvalue weighted by Crippen LogP contribution is 2.31. The number of hydrogen-bond acceptors (Lipinski definition) is 1. The molecule has 0 aliphatic carbocycles. The van der Waals surface area contributed by atoms with Gasteiger partial charge in [0.2, 0.25) is 0 Å². The Labute approximate surface area is 138 Å². The lowest BCUT2D eigenvalue weighted by Gasteiger charge is -2.20. The molecule has 2 aromatic carbocycles. The molecule has 1 N–H and O–H groups in total. The summed E-state index contributed by atoms with van der Waals surface area (Å²) >= 11 is 24.2. The van der Waals surface area contributed by atoms with E-state index in [0.29, 0.717) is 20.1 Å². The first-order valence-electron chi connectivity index (χ1n) is 6.15. The van der Waals surface area contributed by atoms with E-state index in [-0.39, 0.29) is 6.04 Å². The van der Waals surface area contributed by atoms with Crippen molar-refractivity contribution in [3.8, 4) is 0 Å². The van der Waals surface area contributed by atoms with Gasteiger partial charge in [-0.3, -0.25) is 0 Å². The number of nitrogens with one attached hydrogen (secondary N) is 1. The predicted octanol–water partition coefficient (Wildman–Crippen LogP) is 6.00. The third kappa shape index (κ3) is 3.81. The minimum Gasteiger partial charge on any atom is -0.307 e. The van der Waals surface area contributed by atoms with Crippen molar-refractivity contribution in [1.29, 1.82) is 0 Å². The van der Waals surface area contributed by atoms with E-state index >= 15 is 0 Å². The molecule has 2 aromatic rings. The molecule has 5 heteroatoms. The molecule has 106 valence electrons. The van der Waals surface area contributed by atoms with Gasteiger partial charge in [0, 0.05) is 10.0 Å². The van der Waals surface area contributed by atoms with Crippen LogP contribution in [0.15, 0.2) is 36.4 Å². The van der Waals surface area contributed by atoms with E-state index in [1.54, 1.807) is 12.1 Å². The Morgan fingerprint density at radius 2 is 1.50 bits per heavy atom. The highest BCUT2D eigenvalue weighted by Gasteiger charge is 2.15. The molecule has 0 aromatic heterocycles. The first-order valence-corrected chi connectivity index (χ1v) is 7.66. The Morgan fingerprint density at radius 3 is 2.05 bits per heavy atom. The molecule has 0 spiro atoms. The molecule has 0 bridgehead atoms. The lowest BCUT2D eigenvalue weighted by molar-refractivity contribution is 0.631. The van der Waals surface area contributed by atoms with Gasteiger partial charge in [0.1, 0.15) is 0 Å². The second kappa shape index (κ2) is 7.02. The molecule has 0 saturated heterocycles. The molecule has 20 heavy (non-hydrogen) atoms. The van der Waals surface area contributed by atoms with Crippen LogP contribution in [0.3, 0.4) is 0 Å². The molecule has 0 aliphatic rings. The topological polar surface area (TPSA) is 12.0 Å². The van der Waals surface area contributed by atoms with E-state index in [2.05, 4.69) is 5.32 Å². The fourth-order valence-corrected chi connectivity index (χ4v) is 2.92. The van der Waals surface area contributed by atoms with Gasteiger partial charge < -0.3 is 5.32 Å². The van der Waals surface area contributed by atoms with Gasteiger partial charge in [0.25, 0.3) is 0 Å². The Bertz CT molecular complexity index is 593. The third-order valence-electron chi connectivity index (χ3n) is 2.90. The molecular weight excluding hydrogens is 336 g/mol. The number of halogens is 4. The average molecular weight is 349 g/mol. The molecule has 0 aliphatic heterocycles. The standard InChI is InChI=1S/C15H13Cl4N/c1-2-20-15(9-3-4-13(18)14(19)7-9)10-5-11(16)8-12(17)6-10/h3-8,15,20H,2H2,1H3.